The second kappa shape index (κ2) is 22.7. The molecule has 0 radical (unpaired) electrons. The first kappa shape index (κ1) is 64.1. The molecular formula is C91H88N6. The van der Waals surface area contributed by atoms with E-state index in [1.165, 1.54) is 65.7 Å². The quantitative estimate of drug-likeness (QED) is 0.160. The van der Waals surface area contributed by atoms with Crippen molar-refractivity contribution in [2.45, 2.75) is 157 Å². The van der Waals surface area contributed by atoms with E-state index in [1.54, 1.807) is 6.07 Å². The van der Waals surface area contributed by atoms with Gasteiger partial charge < -0.3 is 13.7 Å². The Bertz CT molecular complexity index is 5390. The maximum Gasteiger partial charge on any atom is 0.101 e. The Morgan fingerprint density at radius 2 is 0.536 bits per heavy atom. The summed E-state index contributed by atoms with van der Waals surface area (Å²) in [6.45, 7) is 41.1. The maximum absolute atomic E-state index is 10.7. The summed E-state index contributed by atoms with van der Waals surface area (Å²) in [5.74, 6) is 0. The van der Waals surface area contributed by atoms with Crippen LogP contribution in [0.25, 0.3) is 127 Å². The number of hydrogen-bond acceptors (Lipinski definition) is 3. The molecule has 0 fully saturated rings. The van der Waals surface area contributed by atoms with Gasteiger partial charge in [0.25, 0.3) is 0 Å². The summed E-state index contributed by atoms with van der Waals surface area (Å²) >= 11 is 0. The average molecular weight is 1270 g/mol. The summed E-state index contributed by atoms with van der Waals surface area (Å²) in [6.07, 6.45) is 0. The van der Waals surface area contributed by atoms with E-state index in [-0.39, 0.29) is 32.5 Å². The van der Waals surface area contributed by atoms with Gasteiger partial charge in [0, 0.05) is 66.1 Å². The first-order valence-electron chi connectivity index (χ1n) is 34.4. The number of fused-ring (bicyclic) bond motifs is 9. The number of hydrogen-bond donors (Lipinski definition) is 0. The molecule has 14 rings (SSSR count). The molecule has 0 aliphatic rings. The minimum absolute atomic E-state index is 0.0209. The molecule has 6 heteroatoms. The molecule has 14 aromatic rings. The van der Waals surface area contributed by atoms with Crippen molar-refractivity contribution in [3.05, 3.63) is 251 Å². The van der Waals surface area contributed by atoms with E-state index in [2.05, 4.69) is 339 Å². The van der Waals surface area contributed by atoms with E-state index in [9.17, 15) is 10.5 Å². The number of nitriles is 2. The van der Waals surface area contributed by atoms with E-state index in [0.29, 0.717) is 11.1 Å². The van der Waals surface area contributed by atoms with Crippen LogP contribution in [0.4, 0.5) is 0 Å². The van der Waals surface area contributed by atoms with Gasteiger partial charge in [-0.15, -0.1) is 0 Å². The van der Waals surface area contributed by atoms with E-state index in [0.717, 1.165) is 94.9 Å². The number of rotatable bonds is 7. The summed E-state index contributed by atoms with van der Waals surface area (Å²) in [5.41, 5.74) is 25.3. The smallest absolute Gasteiger partial charge is 0.101 e. The molecule has 10 aromatic carbocycles. The predicted octanol–water partition coefficient (Wildman–Crippen LogP) is 24.6. The summed E-state index contributed by atoms with van der Waals surface area (Å²) in [5, 5.41) is 28.5. The molecule has 0 bridgehead atoms. The lowest BCUT2D eigenvalue weighted by molar-refractivity contribution is 0.590. The van der Waals surface area contributed by atoms with Gasteiger partial charge in [0.15, 0.2) is 0 Å². The molecule has 0 saturated heterocycles. The number of aromatic nitrogens is 4. The summed E-state index contributed by atoms with van der Waals surface area (Å²) in [4.78, 5) is 5.84. The highest BCUT2D eigenvalue weighted by atomic mass is 15.0. The lowest BCUT2D eigenvalue weighted by Gasteiger charge is -2.20. The Morgan fingerprint density at radius 1 is 0.268 bits per heavy atom. The third-order valence-corrected chi connectivity index (χ3v) is 20.3. The van der Waals surface area contributed by atoms with E-state index in [4.69, 9.17) is 4.98 Å². The Balaban J connectivity index is 0.990. The molecule has 4 heterocycles. The first-order chi connectivity index (χ1) is 45.8. The molecule has 0 spiro atoms. The molecular weight excluding hydrogens is 1180 g/mol. The van der Waals surface area contributed by atoms with Crippen molar-refractivity contribution in [2.75, 3.05) is 0 Å². The average Bonchev–Trinajstić information content (AvgIpc) is 1.62. The predicted molar refractivity (Wildman–Crippen MR) is 411 cm³/mol. The van der Waals surface area contributed by atoms with Gasteiger partial charge in [0.05, 0.1) is 55.6 Å². The fourth-order valence-electron chi connectivity index (χ4n) is 14.4. The monoisotopic (exact) mass is 1260 g/mol. The van der Waals surface area contributed by atoms with Gasteiger partial charge in [-0.2, -0.15) is 10.5 Å². The third-order valence-electron chi connectivity index (χ3n) is 20.3. The minimum atomic E-state index is -0.0307. The normalized spacial score (nSPS) is 12.8. The topological polar surface area (TPSA) is 75.3 Å². The SMILES string of the molecule is CC(C)(C)c1ccc2c(c1)c1cc(C(C)(C)C)ccc1n2-c1ccc(-c2cc(-c3ccc(C#N)c(C#N)c3)c(-c3ccc(-n4c5ccc(C(C)(C)C)cc5c5cc(C(C)(C)C)ccc54)cc3)c(-c3ccc(-n4c5ccc(C(C)(C)C)cc5c5cc(C(C)(C)C)ccc54)cc3)n2)cc1. The molecule has 6 nitrogen and oxygen atoms in total. The van der Waals surface area contributed by atoms with Crippen LogP contribution in [0.2, 0.25) is 0 Å². The lowest BCUT2D eigenvalue weighted by atomic mass is 9.85. The van der Waals surface area contributed by atoms with Crippen molar-refractivity contribution in [2.24, 2.45) is 0 Å². The standard InChI is InChI=1S/C91H88N6/c1-86(2,3)61-27-39-78-71(46-61)72-47-62(87(4,5)6)28-40-79(72)95(78)67-33-21-55(22-34-67)77-52-70(58-19-20-59(53-92)60(45-58)54-93)84(56-23-35-68(36-24-56)96-80-41-29-63(88(7,8)9)48-73(80)74-49-64(89(10,11)12)30-42-81(74)96)85(94-77)57-25-37-69(38-26-57)97-82-43-31-65(90(13,14)15)50-75(82)76-51-66(91(16,17)18)32-44-83(76)97/h19-52H,1-18H3. The summed E-state index contributed by atoms with van der Waals surface area (Å²) in [7, 11) is 0. The number of nitrogens with zero attached hydrogens (tertiary/aromatic N) is 6. The Kier molecular flexibility index (Phi) is 15.0. The zero-order chi connectivity index (χ0) is 68.8. The third kappa shape index (κ3) is 11.3. The van der Waals surface area contributed by atoms with Crippen molar-refractivity contribution in [3.8, 4) is 74.0 Å². The molecule has 4 aromatic heterocycles. The van der Waals surface area contributed by atoms with Crippen LogP contribution in [0.1, 0.15) is 169 Å². The van der Waals surface area contributed by atoms with Crippen molar-refractivity contribution >= 4 is 65.4 Å². The van der Waals surface area contributed by atoms with Gasteiger partial charge >= 0.3 is 0 Å². The fraction of sp³-hybridized carbons (Fsp3) is 0.264. The van der Waals surface area contributed by atoms with Crippen molar-refractivity contribution in [1.29, 1.82) is 10.5 Å². The van der Waals surface area contributed by atoms with Gasteiger partial charge in [-0.05, 0) is 210 Å². The summed E-state index contributed by atoms with van der Waals surface area (Å²) < 4.78 is 7.23. The number of benzene rings is 10. The highest BCUT2D eigenvalue weighted by Gasteiger charge is 2.27. The second-order valence-corrected chi connectivity index (χ2v) is 33.3. The summed E-state index contributed by atoms with van der Waals surface area (Å²) in [6, 6.07) is 81.1. The molecule has 482 valence electrons. The van der Waals surface area contributed by atoms with Crippen LogP contribution in [0.15, 0.2) is 206 Å². The Morgan fingerprint density at radius 3 is 0.814 bits per heavy atom. The molecule has 0 unspecified atom stereocenters. The van der Waals surface area contributed by atoms with Gasteiger partial charge in [-0.1, -0.05) is 203 Å². The largest absolute Gasteiger partial charge is 0.309 e. The zero-order valence-corrected chi connectivity index (χ0v) is 59.8. The van der Waals surface area contributed by atoms with Crippen molar-refractivity contribution in [3.63, 3.8) is 0 Å². The van der Waals surface area contributed by atoms with Crippen LogP contribution in [0.3, 0.4) is 0 Å². The minimum Gasteiger partial charge on any atom is -0.309 e. The van der Waals surface area contributed by atoms with Crippen LogP contribution >= 0.6 is 0 Å². The van der Waals surface area contributed by atoms with Gasteiger partial charge in [-0.3, -0.25) is 0 Å². The molecule has 0 amide bonds. The van der Waals surface area contributed by atoms with Gasteiger partial charge in [-0.25, -0.2) is 4.98 Å². The highest BCUT2D eigenvalue weighted by molar-refractivity contribution is 6.12. The number of pyridine rings is 1. The molecule has 0 atom stereocenters. The molecule has 0 aliphatic heterocycles. The van der Waals surface area contributed by atoms with Gasteiger partial charge in [0.2, 0.25) is 0 Å². The Labute approximate surface area is 573 Å². The van der Waals surface area contributed by atoms with Crippen LogP contribution < -0.4 is 0 Å². The van der Waals surface area contributed by atoms with Crippen molar-refractivity contribution < 1.29 is 0 Å². The highest BCUT2D eigenvalue weighted by Crippen LogP contribution is 2.46. The second-order valence-electron chi connectivity index (χ2n) is 33.3. The molecule has 0 N–H and O–H groups in total. The maximum atomic E-state index is 10.7. The molecule has 97 heavy (non-hydrogen) atoms. The van der Waals surface area contributed by atoms with Crippen LogP contribution in [-0.2, 0) is 32.5 Å². The van der Waals surface area contributed by atoms with Gasteiger partial charge in [0.1, 0.15) is 12.1 Å². The van der Waals surface area contributed by atoms with Crippen LogP contribution in [-0.4, -0.2) is 18.7 Å². The van der Waals surface area contributed by atoms with Crippen molar-refractivity contribution in [1.82, 2.24) is 18.7 Å². The van der Waals surface area contributed by atoms with Crippen LogP contribution in [0.5, 0.6) is 0 Å². The van der Waals surface area contributed by atoms with E-state index < -0.39 is 0 Å². The lowest BCUT2D eigenvalue weighted by Crippen LogP contribution is -2.10. The zero-order valence-electron chi connectivity index (χ0n) is 59.8. The Hall–Kier alpha value is -10.3. The van der Waals surface area contributed by atoms with E-state index >= 15 is 0 Å². The molecule has 0 aliphatic carbocycles. The first-order valence-corrected chi connectivity index (χ1v) is 34.4. The fourth-order valence-corrected chi connectivity index (χ4v) is 14.4. The molecule has 0 saturated carbocycles. The van der Waals surface area contributed by atoms with Crippen LogP contribution in [0, 0.1) is 22.7 Å². The van der Waals surface area contributed by atoms with E-state index in [1.807, 2.05) is 12.1 Å².